The van der Waals surface area contributed by atoms with Crippen LogP contribution < -0.4 is 4.90 Å². The monoisotopic (exact) mass is 329 g/mol. The van der Waals surface area contributed by atoms with Crippen molar-refractivity contribution < 1.29 is 5.11 Å². The number of aliphatic hydroxyl groups is 1. The average Bonchev–Trinajstić information content (AvgIpc) is 2.79. The van der Waals surface area contributed by atoms with Gasteiger partial charge in [0.25, 0.3) is 0 Å². The summed E-state index contributed by atoms with van der Waals surface area (Å²) in [5, 5.41) is 11.5. The number of benzene rings is 3. The lowest BCUT2D eigenvalue weighted by Crippen LogP contribution is -2.43. The molecule has 0 amide bonds. The summed E-state index contributed by atoms with van der Waals surface area (Å²) in [6.45, 7) is 4.65. The number of hydrogen-bond donors (Lipinski definition) is 1. The van der Waals surface area contributed by atoms with Gasteiger partial charge in [-0.2, -0.15) is 0 Å². The summed E-state index contributed by atoms with van der Waals surface area (Å²) >= 11 is 0. The molecule has 1 unspecified atom stereocenters. The highest BCUT2D eigenvalue weighted by Crippen LogP contribution is 2.38. The lowest BCUT2D eigenvalue weighted by Gasteiger charge is -2.39. The lowest BCUT2D eigenvalue weighted by molar-refractivity contribution is 0.0509. The predicted molar refractivity (Wildman–Crippen MR) is 103 cm³/mol. The van der Waals surface area contributed by atoms with Crippen LogP contribution in [-0.2, 0) is 18.7 Å². The molecule has 0 bridgehead atoms. The fourth-order valence-electron chi connectivity index (χ4n) is 3.68. The molecule has 0 saturated carbocycles. The third kappa shape index (κ3) is 2.83. The van der Waals surface area contributed by atoms with Gasteiger partial charge in [-0.3, -0.25) is 0 Å². The largest absolute Gasteiger partial charge is 0.367 e. The first-order valence-corrected chi connectivity index (χ1v) is 8.77. The summed E-state index contributed by atoms with van der Waals surface area (Å²) in [5.41, 5.74) is 5.97. The van der Waals surface area contributed by atoms with E-state index in [1.165, 1.54) is 22.3 Å². The van der Waals surface area contributed by atoms with E-state index in [1.807, 2.05) is 25.1 Å². The predicted octanol–water partition coefficient (Wildman–Crippen LogP) is 4.77. The summed E-state index contributed by atoms with van der Waals surface area (Å²) < 4.78 is 0. The Kier molecular flexibility index (Phi) is 3.85. The molecule has 0 aliphatic carbocycles. The quantitative estimate of drug-likeness (QED) is 0.732. The van der Waals surface area contributed by atoms with Gasteiger partial charge in [-0.05, 0) is 43.0 Å². The van der Waals surface area contributed by atoms with Crippen molar-refractivity contribution in [2.24, 2.45) is 0 Å². The summed E-state index contributed by atoms with van der Waals surface area (Å²) in [4.78, 5) is 2.12. The fourth-order valence-corrected chi connectivity index (χ4v) is 3.68. The van der Waals surface area contributed by atoms with Crippen LogP contribution in [-0.4, -0.2) is 5.11 Å². The van der Waals surface area contributed by atoms with Crippen LogP contribution >= 0.6 is 0 Å². The van der Waals surface area contributed by atoms with Crippen LogP contribution in [0.25, 0.3) is 0 Å². The second-order valence-electron chi connectivity index (χ2n) is 7.05. The molecule has 25 heavy (non-hydrogen) atoms. The average molecular weight is 329 g/mol. The Bertz CT molecular complexity index is 896. The Labute approximate surface area is 149 Å². The highest BCUT2D eigenvalue weighted by atomic mass is 16.3. The maximum atomic E-state index is 11.5. The summed E-state index contributed by atoms with van der Waals surface area (Å²) in [5.74, 6) is 0. The Morgan fingerprint density at radius 3 is 2.12 bits per heavy atom. The molecule has 1 heterocycles. The van der Waals surface area contributed by atoms with E-state index in [0.29, 0.717) is 6.54 Å². The van der Waals surface area contributed by atoms with E-state index in [0.717, 1.165) is 17.7 Å². The molecule has 0 saturated heterocycles. The van der Waals surface area contributed by atoms with Crippen LogP contribution in [0.3, 0.4) is 0 Å². The molecule has 1 N–H and O–H groups in total. The van der Waals surface area contributed by atoms with Crippen LogP contribution in [0.4, 0.5) is 5.69 Å². The number of hydrogen-bond acceptors (Lipinski definition) is 2. The molecule has 1 atom stereocenters. The minimum atomic E-state index is -1.08. The van der Waals surface area contributed by atoms with Gasteiger partial charge in [0.1, 0.15) is 0 Å². The van der Waals surface area contributed by atoms with Gasteiger partial charge in [-0.15, -0.1) is 0 Å². The minimum absolute atomic E-state index is 0.689. The first-order valence-electron chi connectivity index (χ1n) is 8.77. The van der Waals surface area contributed by atoms with Gasteiger partial charge in [-0.1, -0.05) is 72.3 Å². The molecule has 126 valence electrons. The number of para-hydroxylation sites is 1. The molecule has 0 radical (unpaired) electrons. The number of rotatable bonds is 2. The molecule has 0 aromatic heterocycles. The van der Waals surface area contributed by atoms with E-state index in [4.69, 9.17) is 0 Å². The highest BCUT2D eigenvalue weighted by molar-refractivity contribution is 5.60. The molecule has 0 spiro atoms. The van der Waals surface area contributed by atoms with Crippen LogP contribution in [0.15, 0.2) is 72.8 Å². The summed E-state index contributed by atoms with van der Waals surface area (Å²) in [7, 11) is 0. The van der Waals surface area contributed by atoms with Gasteiger partial charge >= 0.3 is 0 Å². The zero-order chi connectivity index (χ0) is 17.4. The number of nitrogens with zero attached hydrogens (tertiary/aromatic N) is 1. The van der Waals surface area contributed by atoms with Crippen LogP contribution in [0.2, 0.25) is 0 Å². The normalized spacial score (nSPS) is 15.7. The number of anilines is 1. The molecule has 2 nitrogen and oxygen atoms in total. The Morgan fingerprint density at radius 1 is 0.800 bits per heavy atom. The molecule has 1 aliphatic rings. The standard InChI is InChI=1S/C23H23NO/c1-17-11-13-21(14-12-17)23(2,25)24-16-20-9-4-3-7-18(20)15-19-8-5-6-10-22(19)24/h3-14,25H,15-16H2,1-2H3. The minimum Gasteiger partial charge on any atom is -0.367 e. The second-order valence-corrected chi connectivity index (χ2v) is 7.05. The maximum absolute atomic E-state index is 11.5. The van der Waals surface area contributed by atoms with Crippen molar-refractivity contribution in [2.75, 3.05) is 4.90 Å². The Hall–Kier alpha value is -2.58. The van der Waals surface area contributed by atoms with Gasteiger partial charge in [0.15, 0.2) is 5.72 Å². The zero-order valence-electron chi connectivity index (χ0n) is 14.7. The second kappa shape index (κ2) is 6.05. The Morgan fingerprint density at radius 2 is 1.40 bits per heavy atom. The topological polar surface area (TPSA) is 23.5 Å². The summed E-state index contributed by atoms with van der Waals surface area (Å²) in [6.07, 6.45) is 0.896. The van der Waals surface area contributed by atoms with Crippen molar-refractivity contribution in [2.45, 2.75) is 32.5 Å². The van der Waals surface area contributed by atoms with E-state index in [2.05, 4.69) is 66.4 Å². The number of aryl methyl sites for hydroxylation is 1. The summed E-state index contributed by atoms with van der Waals surface area (Å²) in [6, 6.07) is 25.1. The molecular formula is C23H23NO. The first kappa shape index (κ1) is 15.9. The van der Waals surface area contributed by atoms with E-state index >= 15 is 0 Å². The third-order valence-electron chi connectivity index (χ3n) is 5.23. The molecule has 3 aromatic rings. The van der Waals surface area contributed by atoms with Crippen molar-refractivity contribution in [1.82, 2.24) is 0 Å². The third-order valence-corrected chi connectivity index (χ3v) is 5.23. The molecule has 3 aromatic carbocycles. The van der Waals surface area contributed by atoms with Crippen molar-refractivity contribution in [1.29, 1.82) is 0 Å². The van der Waals surface area contributed by atoms with Gasteiger partial charge in [0.05, 0.1) is 0 Å². The van der Waals surface area contributed by atoms with Gasteiger partial charge in [0, 0.05) is 17.8 Å². The van der Waals surface area contributed by atoms with E-state index < -0.39 is 5.72 Å². The zero-order valence-corrected chi connectivity index (χ0v) is 14.7. The molecule has 1 aliphatic heterocycles. The SMILES string of the molecule is Cc1ccc(C(C)(O)N2Cc3ccccc3Cc3ccccc32)cc1. The van der Waals surface area contributed by atoms with Crippen molar-refractivity contribution in [3.63, 3.8) is 0 Å². The van der Waals surface area contributed by atoms with Crippen LogP contribution in [0.1, 0.15) is 34.7 Å². The molecule has 2 heteroatoms. The fraction of sp³-hybridized carbons (Fsp3) is 0.217. The van der Waals surface area contributed by atoms with E-state index in [9.17, 15) is 5.11 Å². The first-order chi connectivity index (χ1) is 12.1. The van der Waals surface area contributed by atoms with Crippen LogP contribution in [0.5, 0.6) is 0 Å². The highest BCUT2D eigenvalue weighted by Gasteiger charge is 2.34. The molecular weight excluding hydrogens is 306 g/mol. The lowest BCUT2D eigenvalue weighted by atomic mass is 9.99. The van der Waals surface area contributed by atoms with Gasteiger partial charge in [0.2, 0.25) is 0 Å². The smallest absolute Gasteiger partial charge is 0.161 e. The Balaban J connectivity index is 1.86. The van der Waals surface area contributed by atoms with Gasteiger partial charge in [-0.25, -0.2) is 0 Å². The van der Waals surface area contributed by atoms with Gasteiger partial charge < -0.3 is 10.0 Å². The van der Waals surface area contributed by atoms with E-state index in [-0.39, 0.29) is 0 Å². The van der Waals surface area contributed by atoms with Crippen LogP contribution in [0, 0.1) is 6.92 Å². The maximum Gasteiger partial charge on any atom is 0.161 e. The molecule has 4 rings (SSSR count). The van der Waals surface area contributed by atoms with E-state index in [1.54, 1.807) is 0 Å². The van der Waals surface area contributed by atoms with Crippen molar-refractivity contribution in [3.05, 3.63) is 101 Å². The number of fused-ring (bicyclic) bond motifs is 2. The van der Waals surface area contributed by atoms with Crippen molar-refractivity contribution in [3.8, 4) is 0 Å². The molecule has 0 fully saturated rings. The van der Waals surface area contributed by atoms with Crippen molar-refractivity contribution >= 4 is 5.69 Å².